The van der Waals surface area contributed by atoms with Gasteiger partial charge in [-0.3, -0.25) is 0 Å². The molecule has 0 saturated carbocycles. The van der Waals surface area contributed by atoms with Crippen molar-refractivity contribution in [2.45, 2.75) is 19.8 Å². The standard InChI is InChI=1S/C13H14Cl2N2/c1-3-4-8-7-9-10(14)5-6-11(15)12(9)17-13(8)16-2/h5-7H,3-4H2,1-2H3,(H,16,17). The lowest BCUT2D eigenvalue weighted by Gasteiger charge is -2.11. The van der Waals surface area contributed by atoms with Gasteiger partial charge < -0.3 is 5.32 Å². The van der Waals surface area contributed by atoms with Crippen LogP contribution in [0.1, 0.15) is 18.9 Å². The third-order valence-electron chi connectivity index (χ3n) is 2.72. The van der Waals surface area contributed by atoms with Crippen LogP contribution >= 0.6 is 23.2 Å². The molecule has 0 aliphatic carbocycles. The summed E-state index contributed by atoms with van der Waals surface area (Å²) in [5.41, 5.74) is 1.93. The average molecular weight is 269 g/mol. The Hall–Kier alpha value is -0.990. The molecule has 0 bridgehead atoms. The van der Waals surface area contributed by atoms with Gasteiger partial charge in [-0.05, 0) is 30.2 Å². The Kier molecular flexibility index (Phi) is 3.75. The van der Waals surface area contributed by atoms with E-state index in [4.69, 9.17) is 23.2 Å². The number of hydrogen-bond acceptors (Lipinski definition) is 2. The van der Waals surface area contributed by atoms with E-state index < -0.39 is 0 Å². The summed E-state index contributed by atoms with van der Waals surface area (Å²) in [6, 6.07) is 5.66. The molecule has 1 N–H and O–H groups in total. The lowest BCUT2D eigenvalue weighted by atomic mass is 10.1. The Balaban J connectivity index is 2.73. The molecule has 0 aliphatic heterocycles. The molecule has 0 saturated heterocycles. The largest absolute Gasteiger partial charge is 0.373 e. The van der Waals surface area contributed by atoms with Crippen molar-refractivity contribution in [3.8, 4) is 0 Å². The summed E-state index contributed by atoms with van der Waals surface area (Å²) in [4.78, 5) is 4.55. The van der Waals surface area contributed by atoms with Gasteiger partial charge in [-0.1, -0.05) is 36.5 Å². The molecule has 0 atom stereocenters. The average Bonchev–Trinajstić information content (AvgIpc) is 2.34. The van der Waals surface area contributed by atoms with Crippen LogP contribution in [0.4, 0.5) is 5.82 Å². The van der Waals surface area contributed by atoms with Gasteiger partial charge in [0.25, 0.3) is 0 Å². The van der Waals surface area contributed by atoms with E-state index in [0.717, 1.165) is 29.6 Å². The van der Waals surface area contributed by atoms with Crippen LogP contribution in [0, 0.1) is 0 Å². The van der Waals surface area contributed by atoms with Crippen molar-refractivity contribution < 1.29 is 0 Å². The molecule has 0 aliphatic rings. The van der Waals surface area contributed by atoms with Gasteiger partial charge in [0.2, 0.25) is 0 Å². The number of halogens is 2. The highest BCUT2D eigenvalue weighted by Crippen LogP contribution is 2.31. The molecule has 0 fully saturated rings. The number of aromatic nitrogens is 1. The molecular formula is C13H14Cl2N2. The molecule has 2 nitrogen and oxygen atoms in total. The minimum Gasteiger partial charge on any atom is -0.373 e. The van der Waals surface area contributed by atoms with E-state index in [0.29, 0.717) is 10.0 Å². The Labute approximate surface area is 111 Å². The first-order valence-electron chi connectivity index (χ1n) is 5.62. The summed E-state index contributed by atoms with van der Waals surface area (Å²) in [6.45, 7) is 2.14. The summed E-state index contributed by atoms with van der Waals surface area (Å²) >= 11 is 12.3. The Morgan fingerprint density at radius 3 is 2.59 bits per heavy atom. The maximum absolute atomic E-state index is 6.18. The van der Waals surface area contributed by atoms with E-state index in [1.54, 1.807) is 6.07 Å². The minimum absolute atomic E-state index is 0.629. The zero-order valence-electron chi connectivity index (χ0n) is 9.85. The number of nitrogens with zero attached hydrogens (tertiary/aromatic N) is 1. The van der Waals surface area contributed by atoms with E-state index in [1.165, 1.54) is 5.56 Å². The third-order valence-corrected chi connectivity index (χ3v) is 3.35. The van der Waals surface area contributed by atoms with E-state index in [1.807, 2.05) is 13.1 Å². The normalized spacial score (nSPS) is 10.8. The first-order valence-corrected chi connectivity index (χ1v) is 6.38. The molecule has 0 amide bonds. The lowest BCUT2D eigenvalue weighted by molar-refractivity contribution is 0.919. The second-order valence-corrected chi connectivity index (χ2v) is 4.74. The number of rotatable bonds is 3. The van der Waals surface area contributed by atoms with Gasteiger partial charge >= 0.3 is 0 Å². The second-order valence-electron chi connectivity index (χ2n) is 3.92. The summed E-state index contributed by atoms with van der Waals surface area (Å²) < 4.78 is 0. The number of hydrogen-bond donors (Lipinski definition) is 1. The highest BCUT2D eigenvalue weighted by molar-refractivity contribution is 6.39. The molecule has 2 rings (SSSR count). The molecule has 2 aromatic rings. The van der Waals surface area contributed by atoms with Crippen molar-refractivity contribution in [2.75, 3.05) is 12.4 Å². The van der Waals surface area contributed by atoms with Crippen molar-refractivity contribution in [1.82, 2.24) is 4.98 Å². The zero-order chi connectivity index (χ0) is 12.4. The van der Waals surface area contributed by atoms with Crippen LogP contribution in [-0.4, -0.2) is 12.0 Å². The molecule has 4 heteroatoms. The SMILES string of the molecule is CCCc1cc2c(Cl)ccc(Cl)c2nc1NC. The first-order chi connectivity index (χ1) is 8.17. The van der Waals surface area contributed by atoms with Crippen molar-refractivity contribution in [2.24, 2.45) is 0 Å². The summed E-state index contributed by atoms with van der Waals surface area (Å²) in [6.07, 6.45) is 2.04. The number of anilines is 1. The van der Waals surface area contributed by atoms with E-state index >= 15 is 0 Å². The second kappa shape index (κ2) is 5.11. The Morgan fingerprint density at radius 1 is 1.24 bits per heavy atom. The Bertz CT molecular complexity index is 553. The van der Waals surface area contributed by atoms with Crippen LogP contribution in [0.2, 0.25) is 10.0 Å². The van der Waals surface area contributed by atoms with Gasteiger partial charge in [0.15, 0.2) is 0 Å². The maximum atomic E-state index is 6.18. The van der Waals surface area contributed by atoms with Crippen molar-refractivity contribution in [1.29, 1.82) is 0 Å². The predicted molar refractivity (Wildman–Crippen MR) is 75.3 cm³/mol. The van der Waals surface area contributed by atoms with E-state index in [-0.39, 0.29) is 0 Å². The number of fused-ring (bicyclic) bond motifs is 1. The molecule has 0 unspecified atom stereocenters. The van der Waals surface area contributed by atoms with Crippen molar-refractivity contribution in [3.63, 3.8) is 0 Å². The molecule has 0 radical (unpaired) electrons. The maximum Gasteiger partial charge on any atom is 0.129 e. The van der Waals surface area contributed by atoms with E-state index in [2.05, 4.69) is 23.3 Å². The lowest BCUT2D eigenvalue weighted by Crippen LogP contribution is -1.99. The molecule has 90 valence electrons. The molecule has 0 spiro atoms. The summed E-state index contributed by atoms with van der Waals surface area (Å²) in [5, 5.41) is 5.34. The quantitative estimate of drug-likeness (QED) is 0.885. The molecule has 1 aromatic carbocycles. The number of pyridine rings is 1. The molecule has 17 heavy (non-hydrogen) atoms. The van der Waals surface area contributed by atoms with Crippen LogP contribution in [0.25, 0.3) is 10.9 Å². The first kappa shape index (κ1) is 12.5. The summed E-state index contributed by atoms with van der Waals surface area (Å²) in [7, 11) is 1.87. The zero-order valence-corrected chi connectivity index (χ0v) is 11.4. The minimum atomic E-state index is 0.629. The van der Waals surface area contributed by atoms with Crippen molar-refractivity contribution >= 4 is 39.9 Å². The van der Waals surface area contributed by atoms with Gasteiger partial charge in [0.1, 0.15) is 5.82 Å². The van der Waals surface area contributed by atoms with Crippen molar-refractivity contribution in [3.05, 3.63) is 33.8 Å². The number of aryl methyl sites for hydroxylation is 1. The smallest absolute Gasteiger partial charge is 0.129 e. The monoisotopic (exact) mass is 268 g/mol. The van der Waals surface area contributed by atoms with Crippen LogP contribution in [0.15, 0.2) is 18.2 Å². The fraction of sp³-hybridized carbons (Fsp3) is 0.308. The van der Waals surface area contributed by atoms with Crippen LogP contribution in [0.5, 0.6) is 0 Å². The van der Waals surface area contributed by atoms with Gasteiger partial charge in [0.05, 0.1) is 15.6 Å². The molecule has 1 heterocycles. The predicted octanol–water partition coefficient (Wildman–Crippen LogP) is 4.54. The fourth-order valence-electron chi connectivity index (χ4n) is 1.91. The van der Waals surface area contributed by atoms with Crippen LogP contribution in [-0.2, 0) is 6.42 Å². The number of benzene rings is 1. The van der Waals surface area contributed by atoms with E-state index in [9.17, 15) is 0 Å². The topological polar surface area (TPSA) is 24.9 Å². The van der Waals surface area contributed by atoms with Crippen LogP contribution in [0.3, 0.4) is 0 Å². The highest BCUT2D eigenvalue weighted by Gasteiger charge is 2.10. The van der Waals surface area contributed by atoms with Gasteiger partial charge in [0, 0.05) is 12.4 Å². The third kappa shape index (κ3) is 2.33. The highest BCUT2D eigenvalue weighted by atomic mass is 35.5. The number of nitrogens with one attached hydrogen (secondary N) is 1. The molecule has 1 aromatic heterocycles. The summed E-state index contributed by atoms with van der Waals surface area (Å²) in [5.74, 6) is 0.878. The van der Waals surface area contributed by atoms with Gasteiger partial charge in [-0.15, -0.1) is 0 Å². The molecular weight excluding hydrogens is 255 g/mol. The van der Waals surface area contributed by atoms with Gasteiger partial charge in [-0.2, -0.15) is 0 Å². The Morgan fingerprint density at radius 2 is 1.94 bits per heavy atom. The van der Waals surface area contributed by atoms with Crippen LogP contribution < -0.4 is 5.32 Å². The fourth-order valence-corrected chi connectivity index (χ4v) is 2.32. The van der Waals surface area contributed by atoms with Gasteiger partial charge in [-0.25, -0.2) is 4.98 Å².